The SMILES string of the molecule is COc1ccc2ccnc(-n3cnc(/C(N)=N/O)n3)c2c1. The van der Waals surface area contributed by atoms with E-state index < -0.39 is 0 Å². The third kappa shape index (κ3) is 2.22. The quantitative estimate of drug-likeness (QED) is 0.320. The number of rotatable bonds is 3. The normalized spacial score (nSPS) is 11.8. The predicted molar refractivity (Wildman–Crippen MR) is 75.7 cm³/mol. The van der Waals surface area contributed by atoms with Crippen LogP contribution in [0.5, 0.6) is 5.75 Å². The predicted octanol–water partition coefficient (Wildman–Crippen LogP) is 0.919. The maximum atomic E-state index is 8.65. The van der Waals surface area contributed by atoms with Crippen molar-refractivity contribution in [2.24, 2.45) is 10.9 Å². The van der Waals surface area contributed by atoms with E-state index in [4.69, 9.17) is 15.7 Å². The van der Waals surface area contributed by atoms with Crippen molar-refractivity contribution in [3.05, 3.63) is 42.6 Å². The molecule has 0 unspecified atom stereocenters. The Morgan fingerprint density at radius 2 is 2.19 bits per heavy atom. The first-order valence-corrected chi connectivity index (χ1v) is 6.05. The van der Waals surface area contributed by atoms with Crippen LogP contribution in [-0.4, -0.2) is 37.9 Å². The van der Waals surface area contributed by atoms with Gasteiger partial charge in [-0.2, -0.15) is 0 Å². The molecule has 0 saturated heterocycles. The number of ether oxygens (including phenoxy) is 1. The Balaban J connectivity index is 2.17. The monoisotopic (exact) mass is 284 g/mol. The van der Waals surface area contributed by atoms with Gasteiger partial charge in [0, 0.05) is 11.6 Å². The van der Waals surface area contributed by atoms with E-state index in [-0.39, 0.29) is 11.7 Å². The molecule has 3 N–H and O–H groups in total. The molecule has 2 aromatic heterocycles. The Labute approximate surface area is 119 Å². The van der Waals surface area contributed by atoms with Crippen molar-refractivity contribution < 1.29 is 9.94 Å². The average molecular weight is 284 g/mol. The molecule has 0 spiro atoms. The zero-order valence-electron chi connectivity index (χ0n) is 11.1. The molecule has 3 rings (SSSR count). The third-order valence-corrected chi connectivity index (χ3v) is 3.00. The van der Waals surface area contributed by atoms with E-state index >= 15 is 0 Å². The Morgan fingerprint density at radius 3 is 2.95 bits per heavy atom. The highest BCUT2D eigenvalue weighted by molar-refractivity contribution is 5.93. The van der Waals surface area contributed by atoms with E-state index in [1.807, 2.05) is 24.3 Å². The van der Waals surface area contributed by atoms with Gasteiger partial charge in [0.05, 0.1) is 7.11 Å². The van der Waals surface area contributed by atoms with Gasteiger partial charge in [-0.05, 0) is 23.6 Å². The van der Waals surface area contributed by atoms with Crippen molar-refractivity contribution in [1.29, 1.82) is 0 Å². The maximum absolute atomic E-state index is 8.65. The minimum atomic E-state index is -0.161. The standard InChI is InChI=1S/C13H12N6O2/c1-21-9-3-2-8-4-5-15-13(10(8)6-9)19-7-16-12(17-19)11(14)18-20/h2-7,20H,1H3,(H2,14,18). The lowest BCUT2D eigenvalue weighted by atomic mass is 10.1. The Kier molecular flexibility index (Phi) is 3.11. The Morgan fingerprint density at radius 1 is 1.33 bits per heavy atom. The number of pyridine rings is 1. The van der Waals surface area contributed by atoms with Crippen LogP contribution in [0.4, 0.5) is 0 Å². The molecular weight excluding hydrogens is 272 g/mol. The minimum absolute atomic E-state index is 0.124. The van der Waals surface area contributed by atoms with E-state index in [1.165, 1.54) is 11.0 Å². The van der Waals surface area contributed by atoms with Gasteiger partial charge in [0.2, 0.25) is 11.7 Å². The molecule has 0 aliphatic rings. The number of fused-ring (bicyclic) bond motifs is 1. The number of oxime groups is 1. The van der Waals surface area contributed by atoms with Gasteiger partial charge < -0.3 is 15.7 Å². The largest absolute Gasteiger partial charge is 0.497 e. The van der Waals surface area contributed by atoms with Gasteiger partial charge in [-0.3, -0.25) is 0 Å². The van der Waals surface area contributed by atoms with Crippen LogP contribution in [0.1, 0.15) is 5.82 Å². The molecule has 106 valence electrons. The van der Waals surface area contributed by atoms with Crippen molar-refractivity contribution in [2.45, 2.75) is 0 Å². The zero-order chi connectivity index (χ0) is 14.8. The molecule has 3 aromatic rings. The van der Waals surface area contributed by atoms with Gasteiger partial charge in [0.1, 0.15) is 12.1 Å². The van der Waals surface area contributed by atoms with Crippen LogP contribution >= 0.6 is 0 Å². The van der Waals surface area contributed by atoms with Crippen LogP contribution in [0, 0.1) is 0 Å². The maximum Gasteiger partial charge on any atom is 0.220 e. The van der Waals surface area contributed by atoms with Gasteiger partial charge in [-0.15, -0.1) is 5.10 Å². The van der Waals surface area contributed by atoms with Crippen LogP contribution in [0.2, 0.25) is 0 Å². The van der Waals surface area contributed by atoms with E-state index in [9.17, 15) is 0 Å². The third-order valence-electron chi connectivity index (χ3n) is 3.00. The number of benzene rings is 1. The van der Waals surface area contributed by atoms with Crippen molar-refractivity contribution in [2.75, 3.05) is 7.11 Å². The Hall–Kier alpha value is -3.16. The van der Waals surface area contributed by atoms with Gasteiger partial charge >= 0.3 is 0 Å². The molecule has 0 fully saturated rings. The van der Waals surface area contributed by atoms with Crippen LogP contribution in [-0.2, 0) is 0 Å². The van der Waals surface area contributed by atoms with Crippen LogP contribution < -0.4 is 10.5 Å². The summed E-state index contributed by atoms with van der Waals surface area (Å²) in [6, 6.07) is 7.55. The summed E-state index contributed by atoms with van der Waals surface area (Å²) in [5, 5.41) is 17.5. The fourth-order valence-electron chi connectivity index (χ4n) is 1.97. The molecule has 0 aliphatic carbocycles. The fraction of sp³-hybridized carbons (Fsp3) is 0.0769. The van der Waals surface area contributed by atoms with E-state index in [1.54, 1.807) is 13.3 Å². The molecule has 8 heteroatoms. The molecule has 0 atom stereocenters. The molecule has 2 heterocycles. The number of amidine groups is 1. The summed E-state index contributed by atoms with van der Waals surface area (Å²) in [6.45, 7) is 0. The summed E-state index contributed by atoms with van der Waals surface area (Å²) in [5.74, 6) is 1.26. The topological polar surface area (TPSA) is 111 Å². The lowest BCUT2D eigenvalue weighted by molar-refractivity contribution is 0.318. The second-order valence-electron chi connectivity index (χ2n) is 4.22. The molecular formula is C13H12N6O2. The smallest absolute Gasteiger partial charge is 0.220 e. The molecule has 1 aromatic carbocycles. The number of aromatic nitrogens is 4. The highest BCUT2D eigenvalue weighted by Crippen LogP contribution is 2.24. The highest BCUT2D eigenvalue weighted by Gasteiger charge is 2.11. The van der Waals surface area contributed by atoms with E-state index in [0.717, 1.165) is 10.8 Å². The first-order valence-electron chi connectivity index (χ1n) is 6.05. The lowest BCUT2D eigenvalue weighted by Gasteiger charge is -2.06. The molecule has 0 bridgehead atoms. The summed E-state index contributed by atoms with van der Waals surface area (Å²) >= 11 is 0. The number of nitrogens with two attached hydrogens (primary N) is 1. The zero-order valence-corrected chi connectivity index (χ0v) is 11.1. The van der Waals surface area contributed by atoms with Crippen LogP contribution in [0.15, 0.2) is 41.9 Å². The summed E-state index contributed by atoms with van der Waals surface area (Å²) in [5.41, 5.74) is 5.47. The van der Waals surface area contributed by atoms with Gasteiger partial charge in [-0.25, -0.2) is 14.6 Å². The molecule has 0 radical (unpaired) electrons. The summed E-state index contributed by atoms with van der Waals surface area (Å²) in [4.78, 5) is 8.29. The number of hydrogen-bond donors (Lipinski definition) is 2. The molecule has 8 nitrogen and oxygen atoms in total. The molecule has 21 heavy (non-hydrogen) atoms. The van der Waals surface area contributed by atoms with Crippen molar-refractivity contribution in [3.63, 3.8) is 0 Å². The lowest BCUT2D eigenvalue weighted by Crippen LogP contribution is -2.15. The first-order chi connectivity index (χ1) is 10.2. The number of hydrogen-bond acceptors (Lipinski definition) is 6. The second-order valence-corrected chi connectivity index (χ2v) is 4.22. The van der Waals surface area contributed by atoms with Crippen molar-refractivity contribution in [3.8, 4) is 11.6 Å². The highest BCUT2D eigenvalue weighted by atomic mass is 16.5. The summed E-state index contributed by atoms with van der Waals surface area (Å²) < 4.78 is 6.70. The van der Waals surface area contributed by atoms with Gasteiger partial charge in [0.15, 0.2) is 5.82 Å². The van der Waals surface area contributed by atoms with E-state index in [2.05, 4.69) is 20.2 Å². The first kappa shape index (κ1) is 12.9. The van der Waals surface area contributed by atoms with Crippen LogP contribution in [0.25, 0.3) is 16.6 Å². The van der Waals surface area contributed by atoms with E-state index in [0.29, 0.717) is 11.6 Å². The fourth-order valence-corrected chi connectivity index (χ4v) is 1.97. The van der Waals surface area contributed by atoms with Crippen molar-refractivity contribution in [1.82, 2.24) is 19.7 Å². The summed E-state index contributed by atoms with van der Waals surface area (Å²) in [6.07, 6.45) is 3.13. The molecule has 0 amide bonds. The average Bonchev–Trinajstić information content (AvgIpc) is 3.02. The van der Waals surface area contributed by atoms with Gasteiger partial charge in [0.25, 0.3) is 0 Å². The number of methoxy groups -OCH3 is 1. The Bertz CT molecular complexity index is 826. The molecule has 0 saturated carbocycles. The van der Waals surface area contributed by atoms with Crippen LogP contribution in [0.3, 0.4) is 0 Å². The van der Waals surface area contributed by atoms with Gasteiger partial charge in [-0.1, -0.05) is 11.2 Å². The number of nitrogens with zero attached hydrogens (tertiary/aromatic N) is 5. The second kappa shape index (κ2) is 5.08. The molecule has 0 aliphatic heterocycles. The summed E-state index contributed by atoms with van der Waals surface area (Å²) in [7, 11) is 1.60. The van der Waals surface area contributed by atoms with Crippen molar-refractivity contribution >= 4 is 16.6 Å². The minimum Gasteiger partial charge on any atom is -0.497 e.